The topological polar surface area (TPSA) is 129 Å². The molecule has 5 rings (SSSR count). The standard InChI is InChI=1S/C26H25F3N4O5S/c27-26(28,29)24(7-8-24)16-39(37,38)25(9-10-25)15-32-11-12-33-20(23(32)36)6-5-19(22(33)35)21(34)31-14-18-3-1-17(13-30)2-4-18/h1-6H,7-12,14-16H2,(H,31,34). The Morgan fingerprint density at radius 1 is 1.03 bits per heavy atom. The van der Waals surface area contributed by atoms with Crippen molar-refractivity contribution in [3.63, 3.8) is 0 Å². The third kappa shape index (κ3) is 4.82. The molecule has 3 aliphatic rings. The Morgan fingerprint density at radius 2 is 1.69 bits per heavy atom. The number of alkyl halides is 3. The lowest BCUT2D eigenvalue weighted by molar-refractivity contribution is -0.180. The molecular formula is C26H25F3N4O5S. The number of pyridine rings is 1. The van der Waals surface area contributed by atoms with Crippen molar-refractivity contribution in [1.82, 2.24) is 14.8 Å². The zero-order valence-electron chi connectivity index (χ0n) is 20.8. The fourth-order valence-electron chi connectivity index (χ4n) is 5.00. The second-order valence-corrected chi connectivity index (χ2v) is 12.9. The van der Waals surface area contributed by atoms with E-state index in [0.29, 0.717) is 5.56 Å². The summed E-state index contributed by atoms with van der Waals surface area (Å²) in [6.07, 6.45) is -4.66. The van der Waals surface area contributed by atoms with E-state index >= 15 is 0 Å². The van der Waals surface area contributed by atoms with Gasteiger partial charge in [0.15, 0.2) is 9.84 Å². The fraction of sp³-hybridized carbons (Fsp3) is 0.462. The van der Waals surface area contributed by atoms with Gasteiger partial charge in [0.25, 0.3) is 17.4 Å². The molecule has 1 N–H and O–H groups in total. The summed E-state index contributed by atoms with van der Waals surface area (Å²) in [7, 11) is -4.14. The molecule has 2 fully saturated rings. The van der Waals surface area contributed by atoms with Crippen LogP contribution in [0, 0.1) is 16.7 Å². The number of nitrogens with one attached hydrogen (secondary N) is 1. The lowest BCUT2D eigenvalue weighted by Crippen LogP contribution is -2.50. The molecule has 0 spiro atoms. The Kier molecular flexibility index (Phi) is 6.37. The maximum Gasteiger partial charge on any atom is 0.395 e. The van der Waals surface area contributed by atoms with Crippen LogP contribution in [-0.2, 0) is 22.9 Å². The summed E-state index contributed by atoms with van der Waals surface area (Å²) in [6, 6.07) is 11.1. The Bertz CT molecular complexity index is 1550. The number of sulfone groups is 1. The number of carbonyl (C=O) groups excluding carboxylic acids is 2. The molecule has 13 heteroatoms. The Labute approximate surface area is 222 Å². The summed E-state index contributed by atoms with van der Waals surface area (Å²) in [4.78, 5) is 40.1. The largest absolute Gasteiger partial charge is 0.395 e. The molecule has 0 radical (unpaired) electrons. The van der Waals surface area contributed by atoms with Crippen molar-refractivity contribution in [2.75, 3.05) is 18.8 Å². The second-order valence-electron chi connectivity index (χ2n) is 10.5. The van der Waals surface area contributed by atoms with Gasteiger partial charge in [0, 0.05) is 26.2 Å². The molecule has 2 heterocycles. The van der Waals surface area contributed by atoms with E-state index in [1.165, 1.54) is 17.0 Å². The molecule has 0 atom stereocenters. The van der Waals surface area contributed by atoms with Gasteiger partial charge in [-0.3, -0.25) is 14.4 Å². The number of hydrogen-bond acceptors (Lipinski definition) is 6. The highest BCUT2D eigenvalue weighted by Gasteiger charge is 2.68. The summed E-state index contributed by atoms with van der Waals surface area (Å²) >= 11 is 0. The number of fused-ring (bicyclic) bond motifs is 1. The lowest BCUT2D eigenvalue weighted by Gasteiger charge is -2.33. The highest BCUT2D eigenvalue weighted by molar-refractivity contribution is 7.93. The van der Waals surface area contributed by atoms with Crippen LogP contribution in [0.5, 0.6) is 0 Å². The van der Waals surface area contributed by atoms with E-state index in [-0.39, 0.29) is 63.1 Å². The van der Waals surface area contributed by atoms with E-state index in [0.717, 1.165) is 10.1 Å². The van der Waals surface area contributed by atoms with E-state index in [4.69, 9.17) is 5.26 Å². The number of carbonyl (C=O) groups is 2. The minimum atomic E-state index is -4.59. The average molecular weight is 563 g/mol. The van der Waals surface area contributed by atoms with Crippen molar-refractivity contribution in [2.45, 2.75) is 49.7 Å². The Hall–Kier alpha value is -3.66. The first-order valence-corrected chi connectivity index (χ1v) is 14.1. The number of rotatable bonds is 8. The van der Waals surface area contributed by atoms with Crippen LogP contribution in [0.1, 0.15) is 57.7 Å². The van der Waals surface area contributed by atoms with Gasteiger partial charge in [0.2, 0.25) is 0 Å². The lowest BCUT2D eigenvalue weighted by atomic mass is 10.1. The molecule has 1 aromatic heterocycles. The molecule has 2 saturated carbocycles. The normalized spacial score (nSPS) is 19.1. The van der Waals surface area contributed by atoms with Gasteiger partial charge in [-0.05, 0) is 55.5 Å². The molecule has 1 aromatic carbocycles. The minimum Gasteiger partial charge on any atom is -0.348 e. The van der Waals surface area contributed by atoms with Crippen LogP contribution < -0.4 is 10.9 Å². The van der Waals surface area contributed by atoms with Gasteiger partial charge in [-0.15, -0.1) is 0 Å². The maximum absolute atomic E-state index is 13.4. The number of nitriles is 1. The number of amides is 2. The van der Waals surface area contributed by atoms with Gasteiger partial charge < -0.3 is 14.8 Å². The third-order valence-electron chi connectivity index (χ3n) is 7.92. The molecule has 2 amide bonds. The van der Waals surface area contributed by atoms with Gasteiger partial charge in [0.1, 0.15) is 11.3 Å². The molecule has 1 aliphatic heterocycles. The second kappa shape index (κ2) is 9.22. The van der Waals surface area contributed by atoms with Gasteiger partial charge in [-0.1, -0.05) is 12.1 Å². The molecule has 0 unspecified atom stereocenters. The first-order valence-electron chi connectivity index (χ1n) is 12.4. The monoisotopic (exact) mass is 562 g/mol. The summed E-state index contributed by atoms with van der Waals surface area (Å²) in [5.74, 6) is -2.22. The summed E-state index contributed by atoms with van der Waals surface area (Å²) in [5.41, 5.74) is -1.86. The smallest absolute Gasteiger partial charge is 0.348 e. The number of hydrogen-bond donors (Lipinski definition) is 1. The highest BCUT2D eigenvalue weighted by Crippen LogP contribution is 2.60. The van der Waals surface area contributed by atoms with Crippen molar-refractivity contribution in [3.8, 4) is 6.07 Å². The van der Waals surface area contributed by atoms with Crippen molar-refractivity contribution >= 4 is 21.7 Å². The minimum absolute atomic E-state index is 0.0102. The molecule has 0 saturated heterocycles. The van der Waals surface area contributed by atoms with Crippen LogP contribution in [0.3, 0.4) is 0 Å². The van der Waals surface area contributed by atoms with Crippen molar-refractivity contribution < 1.29 is 31.2 Å². The van der Waals surface area contributed by atoms with E-state index in [9.17, 15) is 36.0 Å². The Balaban J connectivity index is 1.28. The van der Waals surface area contributed by atoms with Crippen LogP contribution in [0.25, 0.3) is 0 Å². The summed E-state index contributed by atoms with van der Waals surface area (Å²) < 4.78 is 66.1. The van der Waals surface area contributed by atoms with Crippen LogP contribution in [-0.4, -0.2) is 59.5 Å². The molecular weight excluding hydrogens is 537 g/mol. The number of aromatic nitrogens is 1. The van der Waals surface area contributed by atoms with Gasteiger partial charge in [-0.25, -0.2) is 8.42 Å². The zero-order chi connectivity index (χ0) is 28.2. The number of benzene rings is 1. The van der Waals surface area contributed by atoms with Crippen molar-refractivity contribution in [1.29, 1.82) is 5.26 Å². The van der Waals surface area contributed by atoms with Crippen molar-refractivity contribution in [3.05, 3.63) is 69.1 Å². The highest BCUT2D eigenvalue weighted by atomic mass is 32.2. The first-order chi connectivity index (χ1) is 18.3. The first kappa shape index (κ1) is 26.9. The van der Waals surface area contributed by atoms with Gasteiger partial charge in [0.05, 0.1) is 27.5 Å². The van der Waals surface area contributed by atoms with Crippen LogP contribution in [0.4, 0.5) is 13.2 Å². The molecule has 2 aromatic rings. The van der Waals surface area contributed by atoms with E-state index in [1.54, 1.807) is 24.3 Å². The Morgan fingerprint density at radius 3 is 2.26 bits per heavy atom. The van der Waals surface area contributed by atoms with Gasteiger partial charge in [-0.2, -0.15) is 18.4 Å². The predicted molar refractivity (Wildman–Crippen MR) is 132 cm³/mol. The summed E-state index contributed by atoms with van der Waals surface area (Å²) in [6.45, 7) is -0.114. The predicted octanol–water partition coefficient (Wildman–Crippen LogP) is 2.40. The summed E-state index contributed by atoms with van der Waals surface area (Å²) in [5, 5.41) is 11.5. The average Bonchev–Trinajstić information content (AvgIpc) is 3.81. The molecule has 0 bridgehead atoms. The van der Waals surface area contributed by atoms with Crippen LogP contribution in [0.2, 0.25) is 0 Å². The number of nitrogens with zero attached hydrogens (tertiary/aromatic N) is 3. The quantitative estimate of drug-likeness (QED) is 0.526. The molecule has 2 aliphatic carbocycles. The van der Waals surface area contributed by atoms with E-state index in [2.05, 4.69) is 5.32 Å². The third-order valence-corrected chi connectivity index (χ3v) is 10.7. The SMILES string of the molecule is N#Cc1ccc(CNC(=O)c2ccc3n(c2=O)CCN(CC2(S(=O)(=O)CC4(C(F)(F)F)CC4)CC2)C3=O)cc1. The van der Waals surface area contributed by atoms with Crippen LogP contribution >= 0.6 is 0 Å². The number of halogens is 3. The maximum atomic E-state index is 13.4. The van der Waals surface area contributed by atoms with E-state index in [1.807, 2.05) is 6.07 Å². The van der Waals surface area contributed by atoms with Gasteiger partial charge >= 0.3 is 6.18 Å². The van der Waals surface area contributed by atoms with E-state index < -0.39 is 49.3 Å². The van der Waals surface area contributed by atoms with Crippen LogP contribution in [0.15, 0.2) is 41.2 Å². The van der Waals surface area contributed by atoms with Crippen molar-refractivity contribution in [2.24, 2.45) is 5.41 Å². The molecule has 9 nitrogen and oxygen atoms in total. The fourth-order valence-corrected chi connectivity index (χ4v) is 7.56. The molecule has 39 heavy (non-hydrogen) atoms. The molecule has 206 valence electrons. The zero-order valence-corrected chi connectivity index (χ0v) is 21.6.